The van der Waals surface area contributed by atoms with Crippen LogP contribution in [0.3, 0.4) is 0 Å². The summed E-state index contributed by atoms with van der Waals surface area (Å²) in [4.78, 5) is 29.1. The van der Waals surface area contributed by atoms with Gasteiger partial charge in [-0.15, -0.1) is 21.5 Å². The van der Waals surface area contributed by atoms with Gasteiger partial charge in [-0.1, -0.05) is 61.5 Å². The lowest BCUT2D eigenvalue weighted by Crippen LogP contribution is -2.28. The minimum Gasteiger partial charge on any atom is -0.291 e. The molecule has 1 aliphatic rings. The maximum Gasteiger partial charge on any atom is 0.253 e. The lowest BCUT2D eigenvalue weighted by atomic mass is 10.00. The number of aryl methyl sites for hydroxylation is 1. The van der Waals surface area contributed by atoms with Crippen LogP contribution in [-0.2, 0) is 4.79 Å². The Morgan fingerprint density at radius 1 is 1.24 bits per heavy atom. The third-order valence-electron chi connectivity index (χ3n) is 5.76. The van der Waals surface area contributed by atoms with Crippen molar-refractivity contribution in [2.45, 2.75) is 44.3 Å². The highest BCUT2D eigenvalue weighted by atomic mass is 32.2. The van der Waals surface area contributed by atoms with Crippen molar-refractivity contribution in [2.75, 3.05) is 5.75 Å². The van der Waals surface area contributed by atoms with Gasteiger partial charge in [-0.2, -0.15) is 5.10 Å². The van der Waals surface area contributed by atoms with Gasteiger partial charge >= 0.3 is 0 Å². The zero-order valence-electron chi connectivity index (χ0n) is 19.1. The molecule has 1 unspecified atom stereocenters. The molecule has 0 saturated heterocycles. The number of carbonyl (C=O) groups is 1. The molecule has 3 aromatic heterocycles. The van der Waals surface area contributed by atoms with Gasteiger partial charge in [0.1, 0.15) is 0 Å². The molecule has 1 N–H and O–H groups in total. The molecule has 0 fully saturated rings. The molecule has 0 bridgehead atoms. The Bertz CT molecular complexity index is 1420. The molecule has 1 aliphatic heterocycles. The van der Waals surface area contributed by atoms with Crippen LogP contribution in [0.4, 0.5) is 0 Å². The molecule has 174 valence electrons. The molecule has 8 nitrogen and oxygen atoms in total. The number of hydrogen-bond donors (Lipinski definition) is 1. The number of carbonyl (C=O) groups excluding carboxylic acids is 1. The van der Waals surface area contributed by atoms with Gasteiger partial charge in [0.15, 0.2) is 5.16 Å². The van der Waals surface area contributed by atoms with Crippen LogP contribution in [-0.4, -0.2) is 42.0 Å². The first-order valence-electron chi connectivity index (χ1n) is 11.0. The highest BCUT2D eigenvalue weighted by Crippen LogP contribution is 2.35. The molecule has 0 spiro atoms. The van der Waals surface area contributed by atoms with Crippen LogP contribution in [0.25, 0.3) is 5.78 Å². The third-order valence-corrected chi connectivity index (χ3v) is 7.59. The average molecular weight is 493 g/mol. The Morgan fingerprint density at radius 3 is 2.74 bits per heavy atom. The predicted molar refractivity (Wildman–Crippen MR) is 135 cm³/mol. The van der Waals surface area contributed by atoms with Crippen LogP contribution < -0.4 is 5.56 Å². The molecule has 34 heavy (non-hydrogen) atoms. The Morgan fingerprint density at radius 2 is 2.03 bits per heavy atom. The smallest absolute Gasteiger partial charge is 0.253 e. The average Bonchev–Trinajstić information content (AvgIpc) is 3.56. The van der Waals surface area contributed by atoms with E-state index in [1.165, 1.54) is 17.3 Å². The number of nitrogens with zero attached hydrogens (tertiary/aromatic N) is 5. The number of fused-ring (bicyclic) bond motifs is 1. The number of hydrogen-bond acceptors (Lipinski definition) is 7. The molecule has 0 aliphatic carbocycles. The number of nitrogens with one attached hydrogen (secondary N) is 1. The summed E-state index contributed by atoms with van der Waals surface area (Å²) < 4.78 is 1.81. The van der Waals surface area contributed by atoms with E-state index in [2.05, 4.69) is 39.4 Å². The fourth-order valence-corrected chi connectivity index (χ4v) is 5.55. The Labute approximate surface area is 204 Å². The molecule has 4 heterocycles. The van der Waals surface area contributed by atoms with Gasteiger partial charge in [-0.3, -0.25) is 19.0 Å². The van der Waals surface area contributed by atoms with Crippen molar-refractivity contribution in [3.05, 3.63) is 79.9 Å². The van der Waals surface area contributed by atoms with E-state index in [0.29, 0.717) is 17.4 Å². The summed E-state index contributed by atoms with van der Waals surface area (Å²) in [5.74, 6) is 0.525. The fourth-order valence-electron chi connectivity index (χ4n) is 4.02. The standard InChI is InChI=1S/C24H24N6O2S2/c1-14(2)18-12-21(31)25-23-26-27-24(29(18)23)34-13-22(32)30-19(16-8-6-15(3)7-9-16)11-17(28-30)20-5-4-10-33-20/h4-10,12,14,19H,11,13H2,1-3H3,(H,25,26,31). The van der Waals surface area contributed by atoms with Gasteiger partial charge in [0.2, 0.25) is 5.78 Å². The second-order valence-electron chi connectivity index (χ2n) is 8.54. The third kappa shape index (κ3) is 4.30. The van der Waals surface area contributed by atoms with E-state index in [9.17, 15) is 9.59 Å². The SMILES string of the molecule is Cc1ccc(C2CC(c3cccs3)=NN2C(=O)CSc2nnc3[nH]c(=O)cc(C(C)C)n23)cc1. The molecule has 4 aromatic rings. The topological polar surface area (TPSA) is 95.7 Å². The molecule has 1 atom stereocenters. The number of thiophene rings is 1. The molecule has 10 heteroatoms. The first kappa shape index (κ1) is 22.5. The highest BCUT2D eigenvalue weighted by Gasteiger charge is 2.33. The lowest BCUT2D eigenvalue weighted by molar-refractivity contribution is -0.130. The van der Waals surface area contributed by atoms with Gasteiger partial charge in [0, 0.05) is 18.2 Å². The number of hydrazone groups is 1. The summed E-state index contributed by atoms with van der Waals surface area (Å²) in [5, 5.41) is 17.3. The van der Waals surface area contributed by atoms with Crippen molar-refractivity contribution in [1.29, 1.82) is 0 Å². The van der Waals surface area contributed by atoms with Gasteiger partial charge in [0.05, 0.1) is 22.4 Å². The van der Waals surface area contributed by atoms with Crippen LogP contribution in [0.2, 0.25) is 0 Å². The Balaban J connectivity index is 1.42. The van der Waals surface area contributed by atoms with Crippen molar-refractivity contribution in [3.63, 3.8) is 0 Å². The predicted octanol–water partition coefficient (Wildman–Crippen LogP) is 4.38. The monoisotopic (exact) mass is 492 g/mol. The molecule has 5 rings (SSSR count). The molecule has 0 saturated carbocycles. The first-order chi connectivity index (χ1) is 16.4. The Kier molecular flexibility index (Phi) is 6.09. The van der Waals surface area contributed by atoms with Crippen LogP contribution in [0, 0.1) is 6.92 Å². The number of thioether (sulfide) groups is 1. The summed E-state index contributed by atoms with van der Waals surface area (Å²) >= 11 is 2.92. The first-order valence-corrected chi connectivity index (χ1v) is 12.9. The van der Waals surface area contributed by atoms with E-state index in [-0.39, 0.29) is 29.2 Å². The van der Waals surface area contributed by atoms with E-state index < -0.39 is 0 Å². The summed E-state index contributed by atoms with van der Waals surface area (Å²) in [7, 11) is 0. The molecule has 1 amide bonds. The zero-order valence-corrected chi connectivity index (χ0v) is 20.7. The van der Waals surface area contributed by atoms with E-state index in [1.54, 1.807) is 22.4 Å². The molecule has 1 aromatic carbocycles. The van der Waals surface area contributed by atoms with E-state index in [4.69, 9.17) is 5.10 Å². The van der Waals surface area contributed by atoms with E-state index >= 15 is 0 Å². The minimum absolute atomic E-state index is 0.0957. The minimum atomic E-state index is -0.218. The second-order valence-corrected chi connectivity index (χ2v) is 10.4. The largest absolute Gasteiger partial charge is 0.291 e. The molecular weight excluding hydrogens is 468 g/mol. The maximum absolute atomic E-state index is 13.4. The summed E-state index contributed by atoms with van der Waals surface area (Å²) in [6.45, 7) is 6.06. The second kappa shape index (κ2) is 9.19. The fraction of sp³-hybridized carbons (Fsp3) is 0.292. The number of amides is 1. The van der Waals surface area contributed by atoms with E-state index in [1.807, 2.05) is 42.7 Å². The van der Waals surface area contributed by atoms with Crippen molar-refractivity contribution < 1.29 is 4.79 Å². The Hall–Kier alpha value is -3.24. The lowest BCUT2D eigenvalue weighted by Gasteiger charge is -2.22. The molecule has 0 radical (unpaired) electrons. The number of H-pyrrole nitrogens is 1. The maximum atomic E-state index is 13.4. The number of benzene rings is 1. The van der Waals surface area contributed by atoms with Gasteiger partial charge in [-0.25, -0.2) is 5.01 Å². The summed E-state index contributed by atoms with van der Waals surface area (Å²) in [6, 6.07) is 13.7. The quantitative estimate of drug-likeness (QED) is 0.403. The van der Waals surface area contributed by atoms with Gasteiger partial charge in [-0.05, 0) is 29.9 Å². The van der Waals surface area contributed by atoms with Crippen LogP contribution in [0.5, 0.6) is 0 Å². The number of aromatic nitrogens is 4. The number of aromatic amines is 1. The van der Waals surface area contributed by atoms with Crippen molar-refractivity contribution in [3.8, 4) is 0 Å². The van der Waals surface area contributed by atoms with Crippen molar-refractivity contribution in [2.24, 2.45) is 5.10 Å². The number of rotatable bonds is 6. The van der Waals surface area contributed by atoms with Gasteiger partial charge in [0.25, 0.3) is 11.5 Å². The van der Waals surface area contributed by atoms with Crippen LogP contribution in [0.1, 0.15) is 53.9 Å². The van der Waals surface area contributed by atoms with Crippen molar-refractivity contribution in [1.82, 2.24) is 24.6 Å². The van der Waals surface area contributed by atoms with E-state index in [0.717, 1.165) is 21.8 Å². The van der Waals surface area contributed by atoms with Gasteiger partial charge < -0.3 is 0 Å². The summed E-state index contributed by atoms with van der Waals surface area (Å²) in [5.41, 5.74) is 3.74. The zero-order chi connectivity index (χ0) is 23.8. The summed E-state index contributed by atoms with van der Waals surface area (Å²) in [6.07, 6.45) is 0.673. The van der Waals surface area contributed by atoms with Crippen molar-refractivity contribution >= 4 is 40.5 Å². The van der Waals surface area contributed by atoms with Crippen LogP contribution >= 0.6 is 23.1 Å². The van der Waals surface area contributed by atoms with Crippen LogP contribution in [0.15, 0.2) is 62.9 Å². The molecular formula is C24H24N6O2S2. The normalized spacial score (nSPS) is 15.9. The highest BCUT2D eigenvalue weighted by molar-refractivity contribution is 7.99.